The summed E-state index contributed by atoms with van der Waals surface area (Å²) < 4.78 is 6.28. The van der Waals surface area contributed by atoms with E-state index in [1.165, 1.54) is 4.57 Å². The van der Waals surface area contributed by atoms with Gasteiger partial charge >= 0.3 is 5.76 Å². The van der Waals surface area contributed by atoms with Crippen LogP contribution in [0.3, 0.4) is 0 Å². The Bertz CT molecular complexity index is 781. The summed E-state index contributed by atoms with van der Waals surface area (Å²) in [6.07, 6.45) is 4.88. The fourth-order valence-electron chi connectivity index (χ4n) is 2.13. The van der Waals surface area contributed by atoms with Crippen LogP contribution < -0.4 is 5.76 Å². The molecule has 2 aromatic heterocycles. The standard InChI is InChI=1S/C14H13N3O3/c1-8(2)17-13(18)11(20-14(17)19)6-9-7-16-12-10(9)4-3-5-15-12/h3-8,18H,1-2H3/b9-6+. The van der Waals surface area contributed by atoms with Gasteiger partial charge < -0.3 is 9.52 Å². The first-order valence-corrected chi connectivity index (χ1v) is 6.23. The van der Waals surface area contributed by atoms with Crippen LogP contribution in [0.5, 0.6) is 5.88 Å². The molecule has 0 fully saturated rings. The molecule has 0 radical (unpaired) electrons. The van der Waals surface area contributed by atoms with E-state index in [1.54, 1.807) is 38.4 Å². The average Bonchev–Trinajstić information content (AvgIpc) is 2.93. The second-order valence-electron chi connectivity index (χ2n) is 4.75. The van der Waals surface area contributed by atoms with Gasteiger partial charge in [-0.3, -0.25) is 0 Å². The number of rotatable bonds is 2. The molecule has 3 rings (SSSR count). The summed E-state index contributed by atoms with van der Waals surface area (Å²) in [7, 11) is 0. The fourth-order valence-corrected chi connectivity index (χ4v) is 2.13. The Hall–Kier alpha value is -2.63. The average molecular weight is 271 g/mol. The Balaban J connectivity index is 2.10. The quantitative estimate of drug-likeness (QED) is 0.909. The number of hydrogen-bond acceptors (Lipinski definition) is 5. The third-order valence-electron chi connectivity index (χ3n) is 3.07. The molecule has 1 aliphatic heterocycles. The van der Waals surface area contributed by atoms with E-state index in [9.17, 15) is 9.90 Å². The highest BCUT2D eigenvalue weighted by Gasteiger charge is 2.19. The number of nitrogens with zero attached hydrogens (tertiary/aromatic N) is 3. The third-order valence-corrected chi connectivity index (χ3v) is 3.07. The summed E-state index contributed by atoms with van der Waals surface area (Å²) in [5, 5.41) is 10.1. The summed E-state index contributed by atoms with van der Waals surface area (Å²) in [5.74, 6) is -0.0142. The third kappa shape index (κ3) is 1.85. The van der Waals surface area contributed by atoms with E-state index >= 15 is 0 Å². The van der Waals surface area contributed by atoms with Gasteiger partial charge in [0.25, 0.3) is 0 Å². The first kappa shape index (κ1) is 12.4. The molecular weight excluding hydrogens is 258 g/mol. The molecule has 0 spiro atoms. The van der Waals surface area contributed by atoms with Crippen molar-refractivity contribution in [3.05, 3.63) is 40.2 Å². The predicted molar refractivity (Wildman–Crippen MR) is 75.3 cm³/mol. The van der Waals surface area contributed by atoms with E-state index in [1.807, 2.05) is 6.07 Å². The Morgan fingerprint density at radius 2 is 2.25 bits per heavy atom. The molecule has 0 aromatic carbocycles. The molecule has 0 bridgehead atoms. The minimum absolute atomic E-state index is 0.127. The Kier molecular flexibility index (Phi) is 2.78. The maximum Gasteiger partial charge on any atom is 0.422 e. The molecule has 0 saturated heterocycles. The van der Waals surface area contributed by atoms with E-state index in [0.29, 0.717) is 5.82 Å². The summed E-state index contributed by atoms with van der Waals surface area (Å²) in [6, 6.07) is 3.50. The highest BCUT2D eigenvalue weighted by atomic mass is 16.4. The second kappa shape index (κ2) is 4.48. The molecule has 1 aliphatic rings. The Labute approximate surface area is 114 Å². The minimum atomic E-state index is -0.578. The van der Waals surface area contributed by atoms with Gasteiger partial charge in [0.2, 0.25) is 5.88 Å². The molecule has 0 amide bonds. The molecule has 3 heterocycles. The summed E-state index contributed by atoms with van der Waals surface area (Å²) >= 11 is 0. The smallest absolute Gasteiger partial charge is 0.422 e. The van der Waals surface area contributed by atoms with Crippen LogP contribution in [0.2, 0.25) is 0 Å². The van der Waals surface area contributed by atoms with Crippen molar-refractivity contribution in [2.75, 3.05) is 0 Å². The van der Waals surface area contributed by atoms with Gasteiger partial charge in [0.05, 0.1) is 0 Å². The molecule has 102 valence electrons. The number of oxazole rings is 1. The first-order valence-electron chi connectivity index (χ1n) is 6.23. The van der Waals surface area contributed by atoms with Gasteiger partial charge in [-0.05, 0) is 32.1 Å². The maximum atomic E-state index is 11.7. The van der Waals surface area contributed by atoms with Crippen LogP contribution in [0.4, 0.5) is 5.82 Å². The topological polar surface area (TPSA) is 80.6 Å². The molecule has 0 saturated carbocycles. The lowest BCUT2D eigenvalue weighted by Crippen LogP contribution is -2.15. The molecular formula is C14H13N3O3. The lowest BCUT2D eigenvalue weighted by molar-refractivity contribution is 0.392. The molecule has 6 nitrogen and oxygen atoms in total. The van der Waals surface area contributed by atoms with Gasteiger partial charge in [-0.1, -0.05) is 0 Å². The van der Waals surface area contributed by atoms with Gasteiger partial charge in [0.1, 0.15) is 0 Å². The number of fused-ring (bicyclic) bond motifs is 1. The Morgan fingerprint density at radius 1 is 1.45 bits per heavy atom. The van der Waals surface area contributed by atoms with Crippen LogP contribution in [-0.2, 0) is 0 Å². The first-order chi connectivity index (χ1) is 9.58. The zero-order valence-corrected chi connectivity index (χ0v) is 11.1. The molecule has 20 heavy (non-hydrogen) atoms. The predicted octanol–water partition coefficient (Wildman–Crippen LogP) is 2.38. The molecule has 2 aromatic rings. The van der Waals surface area contributed by atoms with E-state index < -0.39 is 5.76 Å². The van der Waals surface area contributed by atoms with Crippen LogP contribution in [-0.4, -0.2) is 20.9 Å². The van der Waals surface area contributed by atoms with E-state index in [4.69, 9.17) is 4.42 Å². The monoisotopic (exact) mass is 271 g/mol. The van der Waals surface area contributed by atoms with Crippen molar-refractivity contribution in [2.45, 2.75) is 19.9 Å². The highest BCUT2D eigenvalue weighted by Crippen LogP contribution is 2.32. The van der Waals surface area contributed by atoms with Crippen molar-refractivity contribution < 1.29 is 9.52 Å². The van der Waals surface area contributed by atoms with Gasteiger partial charge in [-0.15, -0.1) is 0 Å². The van der Waals surface area contributed by atoms with Crippen molar-refractivity contribution in [1.82, 2.24) is 9.55 Å². The van der Waals surface area contributed by atoms with E-state index in [2.05, 4.69) is 9.98 Å². The zero-order valence-electron chi connectivity index (χ0n) is 11.1. The number of allylic oxidation sites excluding steroid dienone is 1. The van der Waals surface area contributed by atoms with Crippen LogP contribution in [0, 0.1) is 0 Å². The van der Waals surface area contributed by atoms with Crippen molar-refractivity contribution in [2.24, 2.45) is 4.99 Å². The van der Waals surface area contributed by atoms with Gasteiger partial charge in [0, 0.05) is 29.6 Å². The van der Waals surface area contributed by atoms with Gasteiger partial charge in [-0.25, -0.2) is 19.3 Å². The van der Waals surface area contributed by atoms with Crippen molar-refractivity contribution in [3.63, 3.8) is 0 Å². The van der Waals surface area contributed by atoms with Crippen molar-refractivity contribution >= 4 is 23.7 Å². The number of pyridine rings is 1. The minimum Gasteiger partial charge on any atom is -0.492 e. The number of aromatic nitrogens is 2. The fraction of sp³-hybridized carbons (Fsp3) is 0.214. The molecule has 6 heteroatoms. The molecule has 0 atom stereocenters. The van der Waals surface area contributed by atoms with Gasteiger partial charge in [0.15, 0.2) is 11.6 Å². The molecule has 1 N–H and O–H groups in total. The van der Waals surface area contributed by atoms with Crippen molar-refractivity contribution in [1.29, 1.82) is 0 Å². The maximum absolute atomic E-state index is 11.7. The summed E-state index contributed by atoms with van der Waals surface area (Å²) in [5.41, 5.74) is 1.58. The number of hydrogen-bond donors (Lipinski definition) is 1. The summed E-state index contributed by atoms with van der Waals surface area (Å²) in [6.45, 7) is 3.59. The lowest BCUT2D eigenvalue weighted by atomic mass is 10.1. The SMILES string of the molecule is CC(C)n1c(O)c(/C=C2\C=Nc3ncccc32)oc1=O. The number of aliphatic imine (C=N–C) groups is 1. The van der Waals surface area contributed by atoms with Crippen molar-refractivity contribution in [3.8, 4) is 5.88 Å². The normalized spacial score (nSPS) is 15.2. The highest BCUT2D eigenvalue weighted by molar-refractivity contribution is 6.20. The zero-order chi connectivity index (χ0) is 14.3. The van der Waals surface area contributed by atoms with Crippen LogP contribution in [0.25, 0.3) is 11.6 Å². The summed E-state index contributed by atoms with van der Waals surface area (Å²) in [4.78, 5) is 20.0. The number of aromatic hydroxyl groups is 1. The van der Waals surface area contributed by atoms with E-state index in [0.717, 1.165) is 11.1 Å². The van der Waals surface area contributed by atoms with Crippen LogP contribution >= 0.6 is 0 Å². The largest absolute Gasteiger partial charge is 0.492 e. The lowest BCUT2D eigenvalue weighted by Gasteiger charge is -2.04. The molecule has 0 unspecified atom stereocenters. The second-order valence-corrected chi connectivity index (χ2v) is 4.75. The van der Waals surface area contributed by atoms with E-state index in [-0.39, 0.29) is 17.7 Å². The van der Waals surface area contributed by atoms with Crippen LogP contribution in [0.15, 0.2) is 32.5 Å². The Morgan fingerprint density at radius 3 is 2.95 bits per heavy atom. The molecule has 0 aliphatic carbocycles. The van der Waals surface area contributed by atoms with Crippen LogP contribution in [0.1, 0.15) is 31.2 Å². The van der Waals surface area contributed by atoms with Gasteiger partial charge in [-0.2, -0.15) is 0 Å².